The topological polar surface area (TPSA) is 12.0 Å². The zero-order valence-electron chi connectivity index (χ0n) is 12.5. The molecule has 4 rings (SSSR count). The molecule has 1 aromatic heterocycles. The summed E-state index contributed by atoms with van der Waals surface area (Å²) < 4.78 is 1.56. The average Bonchev–Trinajstić information content (AvgIpc) is 3.13. The van der Waals surface area contributed by atoms with Crippen molar-refractivity contribution in [1.29, 1.82) is 0 Å². The van der Waals surface area contributed by atoms with E-state index in [-0.39, 0.29) is 0 Å². The summed E-state index contributed by atoms with van der Waals surface area (Å²) in [4.78, 5) is 0. The third-order valence-corrected chi connectivity index (χ3v) is 8.15. The van der Waals surface area contributed by atoms with Gasteiger partial charge in [-0.15, -0.1) is 23.1 Å². The Morgan fingerprint density at radius 3 is 2.90 bits per heavy atom. The van der Waals surface area contributed by atoms with Crippen LogP contribution in [0.3, 0.4) is 0 Å². The Hall–Kier alpha value is 0.0100. The quantitative estimate of drug-likeness (QED) is 0.835. The summed E-state index contributed by atoms with van der Waals surface area (Å²) in [6, 6.07) is 3.64. The number of nitrogens with one attached hydrogen (secondary N) is 1. The Labute approximate surface area is 130 Å². The lowest BCUT2D eigenvalue weighted by molar-refractivity contribution is 0.241. The first-order valence-corrected chi connectivity index (χ1v) is 9.96. The van der Waals surface area contributed by atoms with Gasteiger partial charge in [-0.25, -0.2) is 0 Å². The standard InChI is InChI=1S/C17H25NS2/c1-10-7-16(14-5-6-19-17(14)20-10)18-11(2)15-9-12-3-4-13(15)8-12/h5-6,10-13,15-16,18H,3-4,7-9H2,1-2H3/t10-,11?,12?,13?,15?,16?/m0/s1. The van der Waals surface area contributed by atoms with E-state index in [1.165, 1.54) is 32.1 Å². The number of fused-ring (bicyclic) bond motifs is 3. The lowest BCUT2D eigenvalue weighted by Crippen LogP contribution is -2.40. The first-order valence-electron chi connectivity index (χ1n) is 8.21. The predicted molar refractivity (Wildman–Crippen MR) is 88.5 cm³/mol. The van der Waals surface area contributed by atoms with E-state index in [0.717, 1.165) is 23.0 Å². The van der Waals surface area contributed by atoms with Gasteiger partial charge in [-0.3, -0.25) is 0 Å². The maximum Gasteiger partial charge on any atom is 0.0649 e. The number of thioether (sulfide) groups is 1. The second-order valence-electron chi connectivity index (χ2n) is 7.17. The minimum absolute atomic E-state index is 0.599. The van der Waals surface area contributed by atoms with Gasteiger partial charge in [0.25, 0.3) is 0 Å². The Morgan fingerprint density at radius 1 is 1.25 bits per heavy atom. The van der Waals surface area contributed by atoms with Crippen LogP contribution >= 0.6 is 23.1 Å². The van der Waals surface area contributed by atoms with E-state index in [1.54, 1.807) is 9.77 Å². The summed E-state index contributed by atoms with van der Waals surface area (Å²) in [5.74, 6) is 3.03. The fourth-order valence-corrected chi connectivity index (χ4v) is 7.42. The van der Waals surface area contributed by atoms with Crippen molar-refractivity contribution in [3.63, 3.8) is 0 Å². The van der Waals surface area contributed by atoms with E-state index < -0.39 is 0 Å². The van der Waals surface area contributed by atoms with Crippen LogP contribution in [0.25, 0.3) is 0 Å². The number of hydrogen-bond acceptors (Lipinski definition) is 3. The third-order valence-electron chi connectivity index (χ3n) is 5.81. The lowest BCUT2D eigenvalue weighted by atomic mass is 9.83. The maximum atomic E-state index is 4.01. The van der Waals surface area contributed by atoms with Crippen LogP contribution in [0.5, 0.6) is 0 Å². The molecule has 1 nitrogen and oxygen atoms in total. The van der Waals surface area contributed by atoms with Crippen LogP contribution in [0, 0.1) is 17.8 Å². The zero-order valence-corrected chi connectivity index (χ0v) is 14.1. The van der Waals surface area contributed by atoms with Crippen LogP contribution in [0.2, 0.25) is 0 Å². The van der Waals surface area contributed by atoms with Crippen LogP contribution in [0.15, 0.2) is 15.7 Å². The van der Waals surface area contributed by atoms with Crippen molar-refractivity contribution in [3.05, 3.63) is 17.0 Å². The van der Waals surface area contributed by atoms with Gasteiger partial charge in [0.2, 0.25) is 0 Å². The summed E-state index contributed by atoms with van der Waals surface area (Å²) in [6.45, 7) is 4.83. The molecule has 0 radical (unpaired) electrons. The van der Waals surface area contributed by atoms with Gasteiger partial charge < -0.3 is 5.32 Å². The molecule has 2 aliphatic carbocycles. The smallest absolute Gasteiger partial charge is 0.0649 e. The van der Waals surface area contributed by atoms with Gasteiger partial charge in [0.15, 0.2) is 0 Å². The molecule has 0 aromatic carbocycles. The number of hydrogen-bond donors (Lipinski definition) is 1. The predicted octanol–water partition coefficient (Wildman–Crippen LogP) is 5.09. The molecule has 1 N–H and O–H groups in total. The van der Waals surface area contributed by atoms with E-state index in [4.69, 9.17) is 0 Å². The second kappa shape index (κ2) is 5.33. The fraction of sp³-hybridized carbons (Fsp3) is 0.765. The van der Waals surface area contributed by atoms with Gasteiger partial charge in [-0.2, -0.15) is 0 Å². The van der Waals surface area contributed by atoms with Crippen molar-refractivity contribution in [3.8, 4) is 0 Å². The Morgan fingerprint density at radius 2 is 2.15 bits per heavy atom. The van der Waals surface area contributed by atoms with Gasteiger partial charge in [0.05, 0.1) is 4.21 Å². The monoisotopic (exact) mass is 307 g/mol. The van der Waals surface area contributed by atoms with Crippen LogP contribution in [-0.4, -0.2) is 11.3 Å². The van der Waals surface area contributed by atoms with Crippen LogP contribution in [-0.2, 0) is 0 Å². The molecule has 110 valence electrons. The molecular weight excluding hydrogens is 282 g/mol. The zero-order chi connectivity index (χ0) is 13.7. The Balaban J connectivity index is 1.47. The molecule has 0 amide bonds. The summed E-state index contributed by atoms with van der Waals surface area (Å²) >= 11 is 4.00. The normalized spacial score (nSPS) is 40.8. The lowest BCUT2D eigenvalue weighted by Gasteiger charge is -2.35. The molecule has 6 atom stereocenters. The summed E-state index contributed by atoms with van der Waals surface area (Å²) in [6.07, 6.45) is 7.32. The second-order valence-corrected chi connectivity index (χ2v) is 9.80. The summed E-state index contributed by atoms with van der Waals surface area (Å²) in [5, 5.41) is 7.04. The number of thiophene rings is 1. The molecule has 3 aliphatic rings. The highest BCUT2D eigenvalue weighted by Crippen LogP contribution is 2.50. The largest absolute Gasteiger partial charge is 0.307 e. The molecule has 2 saturated carbocycles. The van der Waals surface area contributed by atoms with Gasteiger partial charge >= 0.3 is 0 Å². The maximum absolute atomic E-state index is 4.01. The van der Waals surface area contributed by atoms with Crippen molar-refractivity contribution in [1.82, 2.24) is 5.32 Å². The van der Waals surface area contributed by atoms with E-state index in [9.17, 15) is 0 Å². The average molecular weight is 308 g/mol. The molecule has 1 aromatic rings. The van der Waals surface area contributed by atoms with E-state index in [0.29, 0.717) is 12.1 Å². The van der Waals surface area contributed by atoms with E-state index in [2.05, 4.69) is 42.4 Å². The molecule has 2 heterocycles. The summed E-state index contributed by atoms with van der Waals surface area (Å²) in [5.41, 5.74) is 1.58. The third kappa shape index (κ3) is 2.36. The van der Waals surface area contributed by atoms with Crippen LogP contribution in [0.1, 0.15) is 57.6 Å². The molecular formula is C17H25NS2. The first kappa shape index (κ1) is 13.7. The van der Waals surface area contributed by atoms with Crippen molar-refractivity contribution in [2.75, 3.05) is 0 Å². The Kier molecular flexibility index (Phi) is 3.64. The van der Waals surface area contributed by atoms with Crippen LogP contribution < -0.4 is 5.32 Å². The van der Waals surface area contributed by atoms with Gasteiger partial charge in [0, 0.05) is 17.3 Å². The fourth-order valence-electron chi connectivity index (χ4n) is 4.85. The molecule has 2 bridgehead atoms. The first-order chi connectivity index (χ1) is 9.70. The molecule has 3 heteroatoms. The molecule has 2 fully saturated rings. The van der Waals surface area contributed by atoms with Gasteiger partial charge in [-0.05, 0) is 67.4 Å². The van der Waals surface area contributed by atoms with Crippen LogP contribution in [0.4, 0.5) is 0 Å². The van der Waals surface area contributed by atoms with Crippen molar-refractivity contribution >= 4 is 23.1 Å². The highest BCUT2D eigenvalue weighted by atomic mass is 32.2. The van der Waals surface area contributed by atoms with E-state index >= 15 is 0 Å². The molecule has 5 unspecified atom stereocenters. The highest BCUT2D eigenvalue weighted by molar-refractivity contribution is 8.01. The molecule has 1 aliphatic heterocycles. The molecule has 0 saturated heterocycles. The van der Waals surface area contributed by atoms with E-state index in [1.807, 2.05) is 11.3 Å². The van der Waals surface area contributed by atoms with Gasteiger partial charge in [-0.1, -0.05) is 13.3 Å². The molecule has 20 heavy (non-hydrogen) atoms. The summed E-state index contributed by atoms with van der Waals surface area (Å²) in [7, 11) is 0. The van der Waals surface area contributed by atoms with Crippen molar-refractivity contribution < 1.29 is 0 Å². The Bertz CT molecular complexity index is 483. The minimum atomic E-state index is 0.599. The molecule has 0 spiro atoms. The van der Waals surface area contributed by atoms with Crippen molar-refractivity contribution in [2.24, 2.45) is 17.8 Å². The van der Waals surface area contributed by atoms with Gasteiger partial charge in [0.1, 0.15) is 0 Å². The van der Waals surface area contributed by atoms with Crippen molar-refractivity contribution in [2.45, 2.75) is 67.5 Å². The SMILES string of the molecule is CC(NC1C[C@H](C)Sc2sccc21)C1CC2CCC1C2. The number of rotatable bonds is 3. The highest BCUT2D eigenvalue weighted by Gasteiger charge is 2.42. The minimum Gasteiger partial charge on any atom is -0.307 e.